The molecule has 2 aromatic rings. The van der Waals surface area contributed by atoms with Crippen molar-refractivity contribution in [2.45, 2.75) is 38.6 Å². The van der Waals surface area contributed by atoms with Crippen LogP contribution in [0.2, 0.25) is 0 Å². The minimum absolute atomic E-state index is 0. The lowest BCUT2D eigenvalue weighted by molar-refractivity contribution is -0.119. The van der Waals surface area contributed by atoms with Gasteiger partial charge in [0.25, 0.3) is 0 Å². The van der Waals surface area contributed by atoms with Crippen LogP contribution in [0, 0.1) is 0 Å². The van der Waals surface area contributed by atoms with Crippen LogP contribution in [0.5, 0.6) is 0 Å². The van der Waals surface area contributed by atoms with Crippen LogP contribution in [0.25, 0.3) is 0 Å². The fraction of sp³-hybridized carbons (Fsp3) is 0.429. The number of carbonyl (C=O) groups excluding carboxylic acids is 1. The van der Waals surface area contributed by atoms with E-state index in [1.54, 1.807) is 18.4 Å². The van der Waals surface area contributed by atoms with E-state index in [0.29, 0.717) is 18.9 Å². The highest BCUT2D eigenvalue weighted by Gasteiger charge is 2.19. The van der Waals surface area contributed by atoms with Crippen LogP contribution in [0.1, 0.15) is 42.5 Å². The van der Waals surface area contributed by atoms with Gasteiger partial charge in [-0.1, -0.05) is 25.1 Å². The fourth-order valence-corrected chi connectivity index (χ4v) is 3.99. The first-order valence-electron chi connectivity index (χ1n) is 9.54. The van der Waals surface area contributed by atoms with Crippen molar-refractivity contribution in [3.63, 3.8) is 0 Å². The number of guanidine groups is 1. The number of thiophene rings is 1. The molecule has 152 valence electrons. The van der Waals surface area contributed by atoms with E-state index >= 15 is 0 Å². The monoisotopic (exact) mass is 512 g/mol. The molecule has 0 bridgehead atoms. The van der Waals surface area contributed by atoms with E-state index in [0.717, 1.165) is 43.1 Å². The van der Waals surface area contributed by atoms with Crippen LogP contribution in [-0.4, -0.2) is 32.0 Å². The summed E-state index contributed by atoms with van der Waals surface area (Å²) in [4.78, 5) is 19.6. The van der Waals surface area contributed by atoms with E-state index in [-0.39, 0.29) is 29.9 Å². The van der Waals surface area contributed by atoms with Gasteiger partial charge in [0.05, 0.1) is 0 Å². The van der Waals surface area contributed by atoms with Gasteiger partial charge in [0, 0.05) is 49.6 Å². The number of rotatable bonds is 6. The first-order valence-corrected chi connectivity index (χ1v) is 10.4. The molecule has 2 heterocycles. The van der Waals surface area contributed by atoms with Crippen LogP contribution in [0.4, 0.5) is 5.69 Å². The Hall–Kier alpha value is -1.61. The number of piperidine rings is 1. The van der Waals surface area contributed by atoms with Crippen molar-refractivity contribution in [2.75, 3.05) is 25.0 Å². The topological polar surface area (TPSA) is 56.7 Å². The average Bonchev–Trinajstić information content (AvgIpc) is 3.24. The molecule has 0 spiro atoms. The molecule has 0 aliphatic carbocycles. The molecule has 1 atom stereocenters. The van der Waals surface area contributed by atoms with Crippen molar-refractivity contribution in [3.05, 3.63) is 52.2 Å². The van der Waals surface area contributed by atoms with E-state index < -0.39 is 0 Å². The molecule has 7 heteroatoms. The maximum Gasteiger partial charge on any atom is 0.226 e. The van der Waals surface area contributed by atoms with Crippen LogP contribution in [-0.2, 0) is 11.3 Å². The van der Waals surface area contributed by atoms with Gasteiger partial charge in [0.2, 0.25) is 5.91 Å². The van der Waals surface area contributed by atoms with Crippen LogP contribution < -0.4 is 15.5 Å². The second-order valence-corrected chi connectivity index (χ2v) is 7.87. The fourth-order valence-electron chi connectivity index (χ4n) is 3.20. The number of halogens is 1. The zero-order valence-corrected chi connectivity index (χ0v) is 19.6. The SMILES string of the molecule is CN=C(NCc1ccc(N2CCCCC2=O)cc1)NCC(C)c1cccs1.I. The smallest absolute Gasteiger partial charge is 0.226 e. The Labute approximate surface area is 188 Å². The van der Waals surface area contributed by atoms with Crippen molar-refractivity contribution in [1.82, 2.24) is 10.6 Å². The predicted molar refractivity (Wildman–Crippen MR) is 129 cm³/mol. The summed E-state index contributed by atoms with van der Waals surface area (Å²) < 4.78 is 0. The van der Waals surface area contributed by atoms with Gasteiger partial charge in [-0.05, 0) is 42.0 Å². The van der Waals surface area contributed by atoms with Crippen molar-refractivity contribution in [3.8, 4) is 0 Å². The lowest BCUT2D eigenvalue weighted by Crippen LogP contribution is -2.38. The Morgan fingerprint density at radius 3 is 2.64 bits per heavy atom. The third kappa shape index (κ3) is 6.20. The Morgan fingerprint density at radius 1 is 1.21 bits per heavy atom. The number of carbonyl (C=O) groups is 1. The molecule has 1 saturated heterocycles. The number of nitrogens with one attached hydrogen (secondary N) is 2. The van der Waals surface area contributed by atoms with Crippen LogP contribution in [0.15, 0.2) is 46.8 Å². The number of aliphatic imine (C=N–C) groups is 1. The van der Waals surface area contributed by atoms with Gasteiger partial charge < -0.3 is 15.5 Å². The van der Waals surface area contributed by atoms with E-state index in [9.17, 15) is 4.79 Å². The molecule has 1 unspecified atom stereocenters. The van der Waals surface area contributed by atoms with Crippen molar-refractivity contribution >= 4 is 52.9 Å². The number of benzene rings is 1. The number of hydrogen-bond donors (Lipinski definition) is 2. The van der Waals surface area contributed by atoms with Gasteiger partial charge in [-0.3, -0.25) is 9.79 Å². The molecular weight excluding hydrogens is 483 g/mol. The Morgan fingerprint density at radius 2 is 2.00 bits per heavy atom. The predicted octanol–water partition coefficient (Wildman–Crippen LogP) is 4.35. The molecule has 28 heavy (non-hydrogen) atoms. The molecule has 1 aliphatic rings. The lowest BCUT2D eigenvalue weighted by Gasteiger charge is -2.26. The molecule has 5 nitrogen and oxygen atoms in total. The Balaban J connectivity index is 0.00000280. The molecule has 1 aliphatic heterocycles. The highest BCUT2D eigenvalue weighted by Crippen LogP contribution is 2.21. The zero-order valence-electron chi connectivity index (χ0n) is 16.5. The van der Waals surface area contributed by atoms with Crippen molar-refractivity contribution in [1.29, 1.82) is 0 Å². The van der Waals surface area contributed by atoms with E-state index in [1.165, 1.54) is 4.88 Å². The third-order valence-corrected chi connectivity index (χ3v) is 5.96. The molecule has 0 radical (unpaired) electrons. The van der Waals surface area contributed by atoms with Crippen LogP contribution in [0.3, 0.4) is 0 Å². The molecule has 0 saturated carbocycles. The van der Waals surface area contributed by atoms with Crippen LogP contribution >= 0.6 is 35.3 Å². The van der Waals surface area contributed by atoms with Gasteiger partial charge in [-0.25, -0.2) is 0 Å². The van der Waals surface area contributed by atoms with Gasteiger partial charge >= 0.3 is 0 Å². The average molecular weight is 512 g/mol. The zero-order chi connectivity index (χ0) is 19.1. The molecule has 1 amide bonds. The first-order chi connectivity index (χ1) is 13.2. The standard InChI is InChI=1S/C21H28N4OS.HI/c1-16(19-6-5-13-27-19)14-23-21(22-2)24-15-17-8-10-18(11-9-17)25-12-4-3-7-20(25)26;/h5-6,8-11,13,16H,3-4,7,12,14-15H2,1-2H3,(H2,22,23,24);1H. The summed E-state index contributed by atoms with van der Waals surface area (Å²) in [7, 11) is 1.79. The van der Waals surface area contributed by atoms with E-state index in [4.69, 9.17) is 0 Å². The maximum absolute atomic E-state index is 12.0. The highest BCUT2D eigenvalue weighted by molar-refractivity contribution is 14.0. The summed E-state index contributed by atoms with van der Waals surface area (Å²) in [6.07, 6.45) is 2.75. The number of anilines is 1. The Bertz CT molecular complexity index is 761. The molecule has 1 aromatic heterocycles. The lowest BCUT2D eigenvalue weighted by atomic mass is 10.1. The minimum Gasteiger partial charge on any atom is -0.356 e. The number of hydrogen-bond acceptors (Lipinski definition) is 3. The summed E-state index contributed by atoms with van der Waals surface area (Å²) in [5.74, 6) is 1.48. The van der Waals surface area contributed by atoms with Gasteiger partial charge in [-0.2, -0.15) is 0 Å². The normalized spacial score (nSPS) is 15.7. The first kappa shape index (κ1) is 22.7. The molecule has 2 N–H and O–H groups in total. The molecule has 1 fully saturated rings. The van der Waals surface area contributed by atoms with Crippen molar-refractivity contribution < 1.29 is 4.79 Å². The molecule has 3 rings (SSSR count). The van der Waals surface area contributed by atoms with Crippen molar-refractivity contribution in [2.24, 2.45) is 4.99 Å². The minimum atomic E-state index is 0. The van der Waals surface area contributed by atoms with Gasteiger partial charge in [-0.15, -0.1) is 35.3 Å². The summed E-state index contributed by atoms with van der Waals surface area (Å²) in [6.45, 7) is 4.58. The van der Waals surface area contributed by atoms with E-state index in [1.807, 2.05) is 17.0 Å². The Kier molecular flexibility index (Phi) is 9.24. The second-order valence-electron chi connectivity index (χ2n) is 6.89. The summed E-state index contributed by atoms with van der Waals surface area (Å²) in [5, 5.41) is 8.86. The highest BCUT2D eigenvalue weighted by atomic mass is 127. The molecular formula is C21H29IN4OS. The maximum atomic E-state index is 12.0. The van der Waals surface area contributed by atoms with Gasteiger partial charge in [0.15, 0.2) is 5.96 Å². The summed E-state index contributed by atoms with van der Waals surface area (Å²) >= 11 is 1.79. The number of nitrogens with zero attached hydrogens (tertiary/aromatic N) is 2. The van der Waals surface area contributed by atoms with Gasteiger partial charge in [0.1, 0.15) is 0 Å². The third-order valence-electron chi connectivity index (χ3n) is 4.86. The quantitative estimate of drug-likeness (QED) is 0.344. The van der Waals surface area contributed by atoms with E-state index in [2.05, 4.69) is 52.2 Å². The number of amides is 1. The summed E-state index contributed by atoms with van der Waals surface area (Å²) in [5.41, 5.74) is 2.16. The second kappa shape index (κ2) is 11.4. The summed E-state index contributed by atoms with van der Waals surface area (Å²) in [6, 6.07) is 12.5. The molecule has 1 aromatic carbocycles. The largest absolute Gasteiger partial charge is 0.356 e.